The summed E-state index contributed by atoms with van der Waals surface area (Å²) in [5, 5.41) is 9.65. The van der Waals surface area contributed by atoms with Crippen LogP contribution in [0.3, 0.4) is 0 Å². The van der Waals surface area contributed by atoms with Crippen molar-refractivity contribution in [2.45, 2.75) is 12.3 Å². The van der Waals surface area contributed by atoms with E-state index in [9.17, 15) is 0 Å². The normalized spacial score (nSPS) is 14.2. The molecule has 1 atom stereocenters. The first-order valence-corrected chi connectivity index (χ1v) is 21.4. The molecule has 0 aliphatic heterocycles. The van der Waals surface area contributed by atoms with Crippen LogP contribution in [-0.4, -0.2) is 19.9 Å². The van der Waals surface area contributed by atoms with Gasteiger partial charge in [0.25, 0.3) is 0 Å². The Morgan fingerprint density at radius 2 is 0.984 bits per heavy atom. The Kier molecular flexibility index (Phi) is 6.23. The minimum absolute atomic E-state index is 0.299. The zero-order chi connectivity index (χ0) is 40.2. The van der Waals surface area contributed by atoms with E-state index >= 15 is 0 Å². The lowest BCUT2D eigenvalue weighted by Crippen LogP contribution is -2.10. The fourth-order valence-electron chi connectivity index (χ4n) is 11.3. The summed E-state index contributed by atoms with van der Waals surface area (Å²) in [6, 6.07) is 60.4. The maximum absolute atomic E-state index is 5.22. The van der Waals surface area contributed by atoms with Crippen molar-refractivity contribution in [3.8, 4) is 67.0 Å². The van der Waals surface area contributed by atoms with Crippen molar-refractivity contribution in [3.63, 3.8) is 0 Å². The van der Waals surface area contributed by atoms with Gasteiger partial charge in [-0.25, -0.2) is 9.97 Å². The Morgan fingerprint density at radius 3 is 1.73 bits per heavy atom. The topological polar surface area (TPSA) is 51.6 Å². The number of hydrogen-bond acceptors (Lipinski definition) is 4. The Hall–Kier alpha value is -8.08. The summed E-state index contributed by atoms with van der Waals surface area (Å²) in [7, 11) is 0. The molecule has 0 bridgehead atoms. The molecule has 3 aliphatic rings. The molecule has 0 N–H and O–H groups in total. The molecule has 0 spiro atoms. The van der Waals surface area contributed by atoms with Crippen LogP contribution in [-0.2, 0) is 6.42 Å². The van der Waals surface area contributed by atoms with Crippen LogP contribution in [0.4, 0.5) is 0 Å². The average Bonchev–Trinajstić information content (AvgIpc) is 3.82. The lowest BCUT2D eigenvalue weighted by atomic mass is 9.75. The number of nitrogens with zero attached hydrogens (tertiary/aromatic N) is 4. The highest BCUT2D eigenvalue weighted by Crippen LogP contribution is 2.58. The van der Waals surface area contributed by atoms with Gasteiger partial charge in [0.05, 0.1) is 33.5 Å². The van der Waals surface area contributed by atoms with Gasteiger partial charge >= 0.3 is 0 Å². The van der Waals surface area contributed by atoms with Crippen LogP contribution in [0.15, 0.2) is 176 Å². The first-order chi connectivity index (χ1) is 30.7. The van der Waals surface area contributed by atoms with Crippen molar-refractivity contribution >= 4 is 65.2 Å². The Labute approximate surface area is 355 Å². The predicted molar refractivity (Wildman–Crippen MR) is 254 cm³/mol. The average molecular weight is 785 g/mol. The van der Waals surface area contributed by atoms with Crippen LogP contribution < -0.4 is 0 Å². The van der Waals surface area contributed by atoms with Crippen LogP contribution in [0, 0.1) is 0 Å². The van der Waals surface area contributed by atoms with Crippen molar-refractivity contribution in [2.75, 3.05) is 0 Å². The number of pyridine rings is 4. The van der Waals surface area contributed by atoms with Gasteiger partial charge in [-0.15, -0.1) is 0 Å². The van der Waals surface area contributed by atoms with E-state index in [0.717, 1.165) is 72.5 Å². The lowest BCUT2D eigenvalue weighted by Gasteiger charge is -2.27. The molecule has 284 valence electrons. The number of aromatic nitrogens is 4. The summed E-state index contributed by atoms with van der Waals surface area (Å²) in [4.78, 5) is 19.8. The fourth-order valence-corrected chi connectivity index (χ4v) is 11.3. The van der Waals surface area contributed by atoms with Gasteiger partial charge in [0.15, 0.2) is 0 Å². The Balaban J connectivity index is 0.848. The molecule has 0 radical (unpaired) electrons. The zero-order valence-corrected chi connectivity index (χ0v) is 33.3. The summed E-state index contributed by atoms with van der Waals surface area (Å²) >= 11 is 0. The second kappa shape index (κ2) is 11.8. The highest BCUT2D eigenvalue weighted by Gasteiger charge is 2.37. The predicted octanol–water partition coefficient (Wildman–Crippen LogP) is 14.5. The third kappa shape index (κ3) is 4.35. The molecule has 3 aliphatic carbocycles. The summed E-state index contributed by atoms with van der Waals surface area (Å²) in [6.07, 6.45) is 4.68. The maximum atomic E-state index is 5.22. The highest BCUT2D eigenvalue weighted by atomic mass is 14.8. The molecule has 1 unspecified atom stereocenters. The molecule has 15 rings (SSSR count). The standard InChI is InChI=1S/C58H32N4/c1-7-40-44-27-37(52-22-19-34-14-12-32-6-4-24-60-56(32)58(34)62-52)17-20-39(44)49-29-47-43-10-2-8-41-45-28-38-25-36(51-21-18-33-13-11-31-5-3-23-59-55(31)57(33)61-51)16-15-35(38)26-46(45)50(54(41)43)30-48(47)42(9-1)53(40)49/h1-29,50H,30H2. The first-order valence-electron chi connectivity index (χ1n) is 21.4. The van der Waals surface area contributed by atoms with Crippen molar-refractivity contribution in [1.82, 2.24) is 19.9 Å². The van der Waals surface area contributed by atoms with Gasteiger partial charge in [-0.05, 0) is 144 Å². The molecule has 0 fully saturated rings. The molecule has 12 aromatic rings. The minimum atomic E-state index is 0.299. The molecule has 62 heavy (non-hydrogen) atoms. The maximum Gasteiger partial charge on any atom is 0.0972 e. The van der Waals surface area contributed by atoms with E-state index in [1.807, 2.05) is 24.5 Å². The van der Waals surface area contributed by atoms with Gasteiger partial charge in [0.2, 0.25) is 0 Å². The van der Waals surface area contributed by atoms with Crippen LogP contribution in [0.2, 0.25) is 0 Å². The van der Waals surface area contributed by atoms with Gasteiger partial charge in [0.1, 0.15) is 0 Å². The second-order valence-corrected chi connectivity index (χ2v) is 17.3. The van der Waals surface area contributed by atoms with Gasteiger partial charge in [-0.1, -0.05) is 109 Å². The van der Waals surface area contributed by atoms with E-state index in [4.69, 9.17) is 19.9 Å². The number of rotatable bonds is 2. The summed E-state index contributed by atoms with van der Waals surface area (Å²) in [5.41, 5.74) is 23.0. The van der Waals surface area contributed by atoms with Gasteiger partial charge in [-0.2, -0.15) is 0 Å². The summed E-state index contributed by atoms with van der Waals surface area (Å²) in [6.45, 7) is 0. The SMILES string of the molecule is c1cc2c3c(c1)-c1cc4c5c(cccc5c1CC3c1cc3ccc(-c5ccc6ccc7cccnc7c6n5)cc3cc1-2)-c1cc(-c2ccc3ccc5cccnc5c3n2)ccc1-4. The molecule has 8 aromatic carbocycles. The second-order valence-electron chi connectivity index (χ2n) is 17.3. The Morgan fingerprint density at radius 1 is 0.371 bits per heavy atom. The summed E-state index contributed by atoms with van der Waals surface area (Å²) < 4.78 is 0. The molecule has 0 amide bonds. The van der Waals surface area contributed by atoms with Crippen LogP contribution >= 0.6 is 0 Å². The number of benzene rings is 8. The lowest BCUT2D eigenvalue weighted by molar-refractivity contribution is 0.822. The van der Waals surface area contributed by atoms with Crippen LogP contribution in [0.5, 0.6) is 0 Å². The van der Waals surface area contributed by atoms with E-state index in [1.165, 1.54) is 82.7 Å². The van der Waals surface area contributed by atoms with E-state index in [1.54, 1.807) is 0 Å². The Bertz CT molecular complexity index is 4030. The van der Waals surface area contributed by atoms with Crippen LogP contribution in [0.1, 0.15) is 22.6 Å². The molecule has 4 heteroatoms. The number of hydrogen-bond donors (Lipinski definition) is 0. The largest absolute Gasteiger partial charge is 0.254 e. The van der Waals surface area contributed by atoms with Gasteiger partial charge in [-0.3, -0.25) is 9.97 Å². The van der Waals surface area contributed by atoms with Crippen LogP contribution in [0.25, 0.3) is 132 Å². The third-order valence-electron chi connectivity index (χ3n) is 14.2. The van der Waals surface area contributed by atoms with E-state index < -0.39 is 0 Å². The number of fused-ring (bicyclic) bond motifs is 16. The van der Waals surface area contributed by atoms with Gasteiger partial charge < -0.3 is 0 Å². The fraction of sp³-hybridized carbons (Fsp3) is 0.0345. The summed E-state index contributed by atoms with van der Waals surface area (Å²) in [5.74, 6) is 0.299. The monoisotopic (exact) mass is 784 g/mol. The molecule has 4 nitrogen and oxygen atoms in total. The molecule has 0 saturated heterocycles. The molecule has 4 heterocycles. The molecule has 4 aromatic heterocycles. The van der Waals surface area contributed by atoms with E-state index in [0.29, 0.717) is 5.92 Å². The van der Waals surface area contributed by atoms with E-state index in [-0.39, 0.29) is 0 Å². The van der Waals surface area contributed by atoms with Crippen molar-refractivity contribution in [3.05, 3.63) is 193 Å². The van der Waals surface area contributed by atoms with E-state index in [2.05, 4.69) is 152 Å². The van der Waals surface area contributed by atoms with Crippen molar-refractivity contribution in [2.24, 2.45) is 0 Å². The quantitative estimate of drug-likeness (QED) is 0.164. The smallest absolute Gasteiger partial charge is 0.0972 e. The molecular weight excluding hydrogens is 753 g/mol. The minimum Gasteiger partial charge on any atom is -0.254 e. The third-order valence-corrected chi connectivity index (χ3v) is 14.2. The van der Waals surface area contributed by atoms with Crippen molar-refractivity contribution in [1.29, 1.82) is 0 Å². The highest BCUT2D eigenvalue weighted by molar-refractivity contribution is 6.19. The molecular formula is C58H32N4. The zero-order valence-electron chi connectivity index (χ0n) is 33.3. The molecule has 0 saturated carbocycles. The van der Waals surface area contributed by atoms with Crippen molar-refractivity contribution < 1.29 is 0 Å². The van der Waals surface area contributed by atoms with Gasteiger partial charge in [0, 0.05) is 51.0 Å². The first kappa shape index (κ1) is 32.7.